The Morgan fingerprint density at radius 2 is 2.20 bits per heavy atom. The van der Waals surface area contributed by atoms with Crippen LogP contribution in [0.5, 0.6) is 0 Å². The van der Waals surface area contributed by atoms with E-state index in [0.29, 0.717) is 6.42 Å². The first-order valence-corrected chi connectivity index (χ1v) is 5.56. The van der Waals surface area contributed by atoms with E-state index in [1.165, 1.54) is 19.3 Å². The van der Waals surface area contributed by atoms with Crippen LogP contribution in [0.25, 0.3) is 0 Å². The van der Waals surface area contributed by atoms with Crippen LogP contribution in [0.15, 0.2) is 22.8 Å². The van der Waals surface area contributed by atoms with Crippen LogP contribution < -0.4 is 0 Å². The molecule has 1 aliphatic rings. The highest BCUT2D eigenvalue weighted by Gasteiger charge is 2.21. The van der Waals surface area contributed by atoms with Gasteiger partial charge in [-0.2, -0.15) is 5.26 Å². The van der Waals surface area contributed by atoms with Gasteiger partial charge in [-0.3, -0.25) is 4.90 Å². The van der Waals surface area contributed by atoms with E-state index in [0.717, 1.165) is 18.8 Å². The molecule has 2 rings (SSSR count). The summed E-state index contributed by atoms with van der Waals surface area (Å²) in [7, 11) is 0. The Kier molecular flexibility index (Phi) is 3.41. The van der Waals surface area contributed by atoms with E-state index < -0.39 is 0 Å². The number of furan rings is 1. The van der Waals surface area contributed by atoms with Gasteiger partial charge in [0.05, 0.1) is 12.3 Å². The standard InChI is InChI=1S/C12H16N2O/c13-10-11(9-12-5-4-8-15-12)14-6-2-1-3-7-14/h4-5,8,11H,1-3,6-7,9H2. The highest BCUT2D eigenvalue weighted by molar-refractivity contribution is 5.06. The van der Waals surface area contributed by atoms with Crippen LogP contribution in [0, 0.1) is 11.3 Å². The van der Waals surface area contributed by atoms with Crippen molar-refractivity contribution in [3.8, 4) is 6.07 Å². The second-order valence-electron chi connectivity index (χ2n) is 4.03. The fourth-order valence-corrected chi connectivity index (χ4v) is 2.11. The van der Waals surface area contributed by atoms with Crippen molar-refractivity contribution in [2.75, 3.05) is 13.1 Å². The Bertz CT molecular complexity index is 320. The van der Waals surface area contributed by atoms with Crippen LogP contribution in [0.2, 0.25) is 0 Å². The molecule has 80 valence electrons. The van der Waals surface area contributed by atoms with Gasteiger partial charge in [0.15, 0.2) is 0 Å². The molecule has 3 nitrogen and oxygen atoms in total. The summed E-state index contributed by atoms with van der Waals surface area (Å²) in [5, 5.41) is 9.14. The third kappa shape index (κ3) is 2.60. The molecule has 0 aromatic carbocycles. The van der Waals surface area contributed by atoms with E-state index in [-0.39, 0.29) is 6.04 Å². The fourth-order valence-electron chi connectivity index (χ4n) is 2.11. The molecule has 3 heteroatoms. The first kappa shape index (κ1) is 10.3. The molecule has 15 heavy (non-hydrogen) atoms. The third-order valence-corrected chi connectivity index (χ3v) is 2.96. The second kappa shape index (κ2) is 4.99. The predicted molar refractivity (Wildman–Crippen MR) is 57.2 cm³/mol. The molecule has 1 aromatic heterocycles. The molecule has 0 amide bonds. The number of rotatable bonds is 3. The zero-order chi connectivity index (χ0) is 10.5. The first-order chi connectivity index (χ1) is 7.40. The van der Waals surface area contributed by atoms with Crippen molar-refractivity contribution >= 4 is 0 Å². The Morgan fingerprint density at radius 3 is 2.80 bits per heavy atom. The maximum absolute atomic E-state index is 9.14. The largest absolute Gasteiger partial charge is 0.469 e. The molecule has 1 saturated heterocycles. The molecular formula is C12H16N2O. The van der Waals surface area contributed by atoms with Gasteiger partial charge in [-0.15, -0.1) is 0 Å². The number of piperidine rings is 1. The van der Waals surface area contributed by atoms with Gasteiger partial charge in [0.25, 0.3) is 0 Å². The zero-order valence-electron chi connectivity index (χ0n) is 8.85. The lowest BCUT2D eigenvalue weighted by molar-refractivity contribution is 0.189. The Labute approximate surface area is 90.3 Å². The molecule has 1 aromatic rings. The van der Waals surface area contributed by atoms with Crippen LogP contribution in [-0.4, -0.2) is 24.0 Å². The number of nitriles is 1. The Hall–Kier alpha value is -1.27. The Morgan fingerprint density at radius 1 is 1.40 bits per heavy atom. The molecule has 0 radical (unpaired) electrons. The van der Waals surface area contributed by atoms with E-state index in [1.54, 1.807) is 6.26 Å². The van der Waals surface area contributed by atoms with Crippen LogP contribution in [0.4, 0.5) is 0 Å². The summed E-state index contributed by atoms with van der Waals surface area (Å²) in [6.07, 6.45) is 6.12. The van der Waals surface area contributed by atoms with Gasteiger partial charge < -0.3 is 4.42 Å². The zero-order valence-corrected chi connectivity index (χ0v) is 8.85. The number of nitrogens with zero attached hydrogens (tertiary/aromatic N) is 2. The number of likely N-dealkylation sites (tertiary alicyclic amines) is 1. The maximum Gasteiger partial charge on any atom is 0.106 e. The van der Waals surface area contributed by atoms with E-state index in [1.807, 2.05) is 12.1 Å². The Balaban J connectivity index is 1.95. The normalized spacial score (nSPS) is 19.7. The first-order valence-electron chi connectivity index (χ1n) is 5.56. The highest BCUT2D eigenvalue weighted by Crippen LogP contribution is 2.15. The van der Waals surface area contributed by atoms with Gasteiger partial charge in [0.2, 0.25) is 0 Å². The molecule has 0 aliphatic carbocycles. The molecular weight excluding hydrogens is 188 g/mol. The molecule has 0 N–H and O–H groups in total. The monoisotopic (exact) mass is 204 g/mol. The summed E-state index contributed by atoms with van der Waals surface area (Å²) in [5.74, 6) is 0.909. The quantitative estimate of drug-likeness (QED) is 0.757. The minimum Gasteiger partial charge on any atom is -0.469 e. The van der Waals surface area contributed by atoms with Crippen molar-refractivity contribution in [2.24, 2.45) is 0 Å². The van der Waals surface area contributed by atoms with Gasteiger partial charge in [-0.25, -0.2) is 0 Å². The van der Waals surface area contributed by atoms with Crippen LogP contribution in [0.3, 0.4) is 0 Å². The lowest BCUT2D eigenvalue weighted by Crippen LogP contribution is -2.39. The summed E-state index contributed by atoms with van der Waals surface area (Å²) in [5.41, 5.74) is 0. The van der Waals surface area contributed by atoms with Crippen LogP contribution >= 0.6 is 0 Å². The van der Waals surface area contributed by atoms with E-state index >= 15 is 0 Å². The van der Waals surface area contributed by atoms with Crippen molar-refractivity contribution < 1.29 is 4.42 Å². The molecule has 0 saturated carbocycles. The van der Waals surface area contributed by atoms with Gasteiger partial charge in [-0.1, -0.05) is 6.42 Å². The van der Waals surface area contributed by atoms with Crippen molar-refractivity contribution in [3.63, 3.8) is 0 Å². The minimum atomic E-state index is -0.0172. The minimum absolute atomic E-state index is 0.0172. The van der Waals surface area contributed by atoms with E-state index in [9.17, 15) is 0 Å². The molecule has 1 atom stereocenters. The van der Waals surface area contributed by atoms with Crippen molar-refractivity contribution in [1.29, 1.82) is 5.26 Å². The summed E-state index contributed by atoms with van der Waals surface area (Å²) in [4.78, 5) is 2.27. The molecule has 1 aliphatic heterocycles. The summed E-state index contributed by atoms with van der Waals surface area (Å²) < 4.78 is 5.28. The van der Waals surface area contributed by atoms with Crippen LogP contribution in [-0.2, 0) is 6.42 Å². The number of hydrogen-bond donors (Lipinski definition) is 0. The smallest absolute Gasteiger partial charge is 0.106 e. The molecule has 2 heterocycles. The van der Waals surface area contributed by atoms with Gasteiger partial charge in [0.1, 0.15) is 11.8 Å². The van der Waals surface area contributed by atoms with Gasteiger partial charge in [0, 0.05) is 6.42 Å². The second-order valence-corrected chi connectivity index (χ2v) is 4.03. The average Bonchev–Trinajstić information content (AvgIpc) is 2.80. The summed E-state index contributed by atoms with van der Waals surface area (Å²) in [6, 6.07) is 6.17. The predicted octanol–water partition coefficient (Wildman–Crippen LogP) is 2.20. The maximum atomic E-state index is 9.14. The fraction of sp³-hybridized carbons (Fsp3) is 0.583. The average molecular weight is 204 g/mol. The topological polar surface area (TPSA) is 40.2 Å². The lowest BCUT2D eigenvalue weighted by Gasteiger charge is -2.29. The number of hydrogen-bond acceptors (Lipinski definition) is 3. The molecule has 0 spiro atoms. The van der Waals surface area contributed by atoms with Gasteiger partial charge >= 0.3 is 0 Å². The van der Waals surface area contributed by atoms with Gasteiger partial charge in [-0.05, 0) is 38.1 Å². The molecule has 1 unspecified atom stereocenters. The highest BCUT2D eigenvalue weighted by atomic mass is 16.3. The third-order valence-electron chi connectivity index (χ3n) is 2.96. The molecule has 0 bridgehead atoms. The SMILES string of the molecule is N#CC(Cc1ccco1)N1CCCCC1. The van der Waals surface area contributed by atoms with Crippen molar-refractivity contribution in [3.05, 3.63) is 24.2 Å². The van der Waals surface area contributed by atoms with E-state index in [4.69, 9.17) is 9.68 Å². The molecule has 1 fully saturated rings. The summed E-state index contributed by atoms with van der Waals surface area (Å²) >= 11 is 0. The van der Waals surface area contributed by atoms with E-state index in [2.05, 4.69) is 11.0 Å². The van der Waals surface area contributed by atoms with Crippen LogP contribution in [0.1, 0.15) is 25.0 Å². The lowest BCUT2D eigenvalue weighted by atomic mass is 10.1. The van der Waals surface area contributed by atoms with Crippen molar-refractivity contribution in [1.82, 2.24) is 4.90 Å². The van der Waals surface area contributed by atoms with Crippen molar-refractivity contribution in [2.45, 2.75) is 31.7 Å². The summed E-state index contributed by atoms with van der Waals surface area (Å²) in [6.45, 7) is 2.11.